The van der Waals surface area contributed by atoms with E-state index < -0.39 is 11.0 Å². The largest absolute Gasteiger partial charge is 0.497 e. The second-order valence-electron chi connectivity index (χ2n) is 9.19. The van der Waals surface area contributed by atoms with Crippen LogP contribution in [0.1, 0.15) is 50.4 Å². The van der Waals surface area contributed by atoms with Gasteiger partial charge in [0.1, 0.15) is 17.3 Å². The van der Waals surface area contributed by atoms with E-state index in [4.69, 9.17) is 14.5 Å². The minimum atomic E-state index is -1.20. The number of hydrogen-bond acceptors (Lipinski definition) is 5. The Bertz CT molecular complexity index is 1030. The first-order valence-electron chi connectivity index (χ1n) is 11.3. The van der Waals surface area contributed by atoms with Gasteiger partial charge in [-0.3, -0.25) is 0 Å². The van der Waals surface area contributed by atoms with E-state index in [0.29, 0.717) is 13.1 Å². The van der Waals surface area contributed by atoms with Crippen LogP contribution in [0, 0.1) is 0 Å². The first-order chi connectivity index (χ1) is 16.2. The third kappa shape index (κ3) is 6.81. The minimum Gasteiger partial charge on any atom is -0.497 e. The van der Waals surface area contributed by atoms with Crippen LogP contribution in [0.25, 0.3) is 0 Å². The standard InChI is InChI=1S/C27H35N3O3S/c1-20(29-34(31)27(2,3)4)25-8-7-17-28-26(25)30(18-21-9-13-23(32-5)14-10-21)19-22-11-15-24(33-6)16-12-22/h7-17,20,29H,18-19H2,1-6H3/t20-,34+/m1/s1. The lowest BCUT2D eigenvalue weighted by Crippen LogP contribution is -2.35. The highest BCUT2D eigenvalue weighted by molar-refractivity contribution is 7.84. The molecule has 2 atom stereocenters. The normalized spacial score (nSPS) is 13.2. The van der Waals surface area contributed by atoms with E-state index in [1.165, 1.54) is 0 Å². The molecule has 1 heterocycles. The molecule has 0 spiro atoms. The summed E-state index contributed by atoms with van der Waals surface area (Å²) in [7, 11) is 2.14. The summed E-state index contributed by atoms with van der Waals surface area (Å²) in [5.74, 6) is 2.51. The van der Waals surface area contributed by atoms with Gasteiger partial charge in [0.2, 0.25) is 0 Å². The van der Waals surface area contributed by atoms with Crippen LogP contribution in [0.2, 0.25) is 0 Å². The molecular weight excluding hydrogens is 446 g/mol. The Kier molecular flexibility index (Phi) is 8.69. The number of hydrogen-bond donors (Lipinski definition) is 1. The van der Waals surface area contributed by atoms with Crippen molar-refractivity contribution in [2.45, 2.75) is 51.6 Å². The maximum Gasteiger partial charge on any atom is 0.133 e. The van der Waals surface area contributed by atoms with Crippen molar-refractivity contribution in [2.75, 3.05) is 19.1 Å². The molecule has 2 aromatic carbocycles. The summed E-state index contributed by atoms with van der Waals surface area (Å²) < 4.78 is 26.3. The summed E-state index contributed by atoms with van der Waals surface area (Å²) in [4.78, 5) is 7.01. The highest BCUT2D eigenvalue weighted by Gasteiger charge is 2.24. The topological polar surface area (TPSA) is 63.7 Å². The van der Waals surface area contributed by atoms with Gasteiger partial charge in [0, 0.05) is 30.9 Å². The maximum absolute atomic E-state index is 12.8. The second kappa shape index (κ2) is 11.5. The molecule has 0 radical (unpaired) electrons. The molecule has 6 nitrogen and oxygen atoms in total. The molecule has 1 N–H and O–H groups in total. The van der Waals surface area contributed by atoms with Crippen LogP contribution in [-0.2, 0) is 24.1 Å². The Morgan fingerprint density at radius 2 is 1.41 bits per heavy atom. The van der Waals surface area contributed by atoms with Gasteiger partial charge in [0.25, 0.3) is 0 Å². The minimum absolute atomic E-state index is 0.141. The Morgan fingerprint density at radius 3 is 1.85 bits per heavy atom. The van der Waals surface area contributed by atoms with Crippen molar-refractivity contribution in [1.29, 1.82) is 0 Å². The van der Waals surface area contributed by atoms with E-state index in [1.807, 2.05) is 58.0 Å². The number of nitrogens with one attached hydrogen (secondary N) is 1. The van der Waals surface area contributed by atoms with Crippen molar-refractivity contribution in [3.05, 3.63) is 83.6 Å². The van der Waals surface area contributed by atoms with Gasteiger partial charge in [0.15, 0.2) is 0 Å². The lowest BCUT2D eigenvalue weighted by molar-refractivity contribution is 0.414. The van der Waals surface area contributed by atoms with E-state index in [2.05, 4.69) is 40.0 Å². The average molecular weight is 482 g/mol. The van der Waals surface area contributed by atoms with Crippen molar-refractivity contribution in [1.82, 2.24) is 9.71 Å². The first-order valence-corrected chi connectivity index (χ1v) is 12.5. The third-order valence-electron chi connectivity index (χ3n) is 5.49. The van der Waals surface area contributed by atoms with Crippen LogP contribution < -0.4 is 19.1 Å². The van der Waals surface area contributed by atoms with E-state index >= 15 is 0 Å². The first kappa shape index (κ1) is 25.7. The predicted molar refractivity (Wildman–Crippen MR) is 140 cm³/mol. The molecule has 7 heteroatoms. The van der Waals surface area contributed by atoms with E-state index in [-0.39, 0.29) is 10.8 Å². The summed E-state index contributed by atoms with van der Waals surface area (Å²) in [6.45, 7) is 9.25. The number of aromatic nitrogens is 1. The third-order valence-corrected chi connectivity index (χ3v) is 7.17. The van der Waals surface area contributed by atoms with Crippen molar-refractivity contribution < 1.29 is 13.7 Å². The van der Waals surface area contributed by atoms with Gasteiger partial charge < -0.3 is 14.4 Å². The molecule has 1 aromatic heterocycles. The molecule has 34 heavy (non-hydrogen) atoms. The molecule has 0 amide bonds. The predicted octanol–water partition coefficient (Wildman–Crippen LogP) is 5.42. The zero-order chi connectivity index (χ0) is 24.7. The number of ether oxygens (including phenoxy) is 2. The van der Waals surface area contributed by atoms with Crippen molar-refractivity contribution in [3.63, 3.8) is 0 Å². The zero-order valence-corrected chi connectivity index (χ0v) is 21.7. The number of pyridine rings is 1. The quantitative estimate of drug-likeness (QED) is 0.419. The summed E-state index contributed by atoms with van der Waals surface area (Å²) in [6, 6.07) is 20.0. The highest BCUT2D eigenvalue weighted by Crippen LogP contribution is 2.29. The van der Waals surface area contributed by atoms with Crippen LogP contribution in [0.15, 0.2) is 66.9 Å². The number of nitrogens with zero attached hydrogens (tertiary/aromatic N) is 2. The Balaban J connectivity index is 1.95. The Labute approximate surface area is 205 Å². The van der Waals surface area contributed by atoms with Gasteiger partial charge in [-0.2, -0.15) is 0 Å². The SMILES string of the molecule is COc1ccc(CN(Cc2ccc(OC)cc2)c2ncccc2[C@@H](C)N[S@@](=O)C(C)(C)C)cc1. The number of rotatable bonds is 10. The summed E-state index contributed by atoms with van der Waals surface area (Å²) in [6.07, 6.45) is 1.81. The summed E-state index contributed by atoms with van der Waals surface area (Å²) in [5, 5.41) is 0. The van der Waals surface area contributed by atoms with E-state index in [1.54, 1.807) is 20.4 Å². The number of benzene rings is 2. The van der Waals surface area contributed by atoms with E-state index in [9.17, 15) is 4.21 Å². The Hall–Kier alpha value is -2.90. The van der Waals surface area contributed by atoms with Gasteiger partial charge >= 0.3 is 0 Å². The van der Waals surface area contributed by atoms with Crippen molar-refractivity contribution >= 4 is 16.8 Å². The lowest BCUT2D eigenvalue weighted by atomic mass is 10.1. The molecule has 0 saturated carbocycles. The fraction of sp³-hybridized carbons (Fsp3) is 0.370. The highest BCUT2D eigenvalue weighted by atomic mass is 32.2. The number of methoxy groups -OCH3 is 2. The molecule has 3 aromatic rings. The molecular formula is C27H35N3O3S. The number of anilines is 1. The molecule has 3 rings (SSSR count). The van der Waals surface area contributed by atoms with Crippen LogP contribution in [0.5, 0.6) is 11.5 Å². The van der Waals surface area contributed by atoms with Crippen LogP contribution in [0.3, 0.4) is 0 Å². The zero-order valence-electron chi connectivity index (χ0n) is 20.9. The molecule has 0 aliphatic heterocycles. The van der Waals surface area contributed by atoms with Crippen LogP contribution in [-0.4, -0.2) is 28.2 Å². The summed E-state index contributed by atoms with van der Waals surface area (Å²) in [5.41, 5.74) is 3.29. The molecule has 0 fully saturated rings. The maximum atomic E-state index is 12.8. The molecule has 0 bridgehead atoms. The van der Waals surface area contributed by atoms with Gasteiger partial charge in [-0.05, 0) is 69.2 Å². The molecule has 0 aliphatic rings. The summed E-state index contributed by atoms with van der Waals surface area (Å²) >= 11 is 0. The van der Waals surface area contributed by atoms with E-state index in [0.717, 1.165) is 34.0 Å². The molecule has 0 saturated heterocycles. The van der Waals surface area contributed by atoms with Gasteiger partial charge in [-0.25, -0.2) is 13.9 Å². The van der Waals surface area contributed by atoms with Gasteiger partial charge in [-0.1, -0.05) is 30.3 Å². The van der Waals surface area contributed by atoms with Crippen LogP contribution >= 0.6 is 0 Å². The monoisotopic (exact) mass is 481 g/mol. The second-order valence-corrected chi connectivity index (χ2v) is 11.2. The van der Waals surface area contributed by atoms with Gasteiger partial charge in [0.05, 0.1) is 30.0 Å². The fourth-order valence-corrected chi connectivity index (χ4v) is 4.32. The molecule has 0 unspecified atom stereocenters. The van der Waals surface area contributed by atoms with Crippen LogP contribution in [0.4, 0.5) is 5.82 Å². The van der Waals surface area contributed by atoms with Gasteiger partial charge in [-0.15, -0.1) is 0 Å². The average Bonchev–Trinajstić information content (AvgIpc) is 2.84. The fourth-order valence-electron chi connectivity index (χ4n) is 3.52. The molecule has 182 valence electrons. The Morgan fingerprint density at radius 1 is 0.912 bits per heavy atom. The molecule has 0 aliphatic carbocycles. The lowest BCUT2D eigenvalue weighted by Gasteiger charge is -2.29. The van der Waals surface area contributed by atoms with Crippen molar-refractivity contribution in [2.24, 2.45) is 0 Å². The smallest absolute Gasteiger partial charge is 0.133 e. The van der Waals surface area contributed by atoms with Crippen molar-refractivity contribution in [3.8, 4) is 11.5 Å².